The Morgan fingerprint density at radius 1 is 1.11 bits per heavy atom. The fraction of sp³-hybridized carbons (Fsp3) is 0.292. The molecule has 3 aromatic rings. The van der Waals surface area contributed by atoms with E-state index in [0.717, 1.165) is 48.4 Å². The van der Waals surface area contributed by atoms with Crippen LogP contribution in [0, 0.1) is 0 Å². The molecule has 0 amide bonds. The van der Waals surface area contributed by atoms with Crippen LogP contribution in [-0.2, 0) is 19.3 Å². The van der Waals surface area contributed by atoms with Crippen LogP contribution in [0.4, 0.5) is 5.82 Å². The number of pyridine rings is 1. The van der Waals surface area contributed by atoms with Crippen LogP contribution in [0.1, 0.15) is 30.0 Å². The molecule has 144 valence electrons. The van der Waals surface area contributed by atoms with Crippen molar-refractivity contribution < 1.29 is 4.74 Å². The molecule has 0 saturated carbocycles. The summed E-state index contributed by atoms with van der Waals surface area (Å²) in [4.78, 5) is 4.68. The third-order valence-electron chi connectivity index (χ3n) is 5.55. The fourth-order valence-electron chi connectivity index (χ4n) is 4.13. The number of hydrogen-bond acceptors (Lipinski definition) is 3. The summed E-state index contributed by atoms with van der Waals surface area (Å²) in [5.41, 5.74) is 6.24. The van der Waals surface area contributed by atoms with Crippen molar-refractivity contribution in [3.8, 4) is 16.9 Å². The average molecular weight is 393 g/mol. The maximum absolute atomic E-state index is 6.28. The second kappa shape index (κ2) is 8.24. The minimum absolute atomic E-state index is 0.393. The van der Waals surface area contributed by atoms with Gasteiger partial charge in [-0.1, -0.05) is 42.8 Å². The molecule has 0 fully saturated rings. The molecule has 4 rings (SSSR count). The number of fused-ring (bicyclic) bond motifs is 1. The molecule has 28 heavy (non-hydrogen) atoms. The van der Waals surface area contributed by atoms with Gasteiger partial charge in [0.1, 0.15) is 11.6 Å². The quantitative estimate of drug-likeness (QED) is 0.583. The first-order valence-electron chi connectivity index (χ1n) is 9.84. The number of nitrogens with one attached hydrogen (secondary N) is 1. The van der Waals surface area contributed by atoms with Gasteiger partial charge in [-0.2, -0.15) is 0 Å². The Morgan fingerprint density at radius 3 is 2.71 bits per heavy atom. The molecule has 0 aliphatic heterocycles. The van der Waals surface area contributed by atoms with Crippen molar-refractivity contribution in [3.63, 3.8) is 0 Å². The summed E-state index contributed by atoms with van der Waals surface area (Å²) in [5, 5.41) is 4.42. The SMILES string of the molecule is CCc1c(-c2cc(Cl)ccc2OC)ccnc1NC1CCc2ccccc2C1. The van der Waals surface area contributed by atoms with E-state index in [1.54, 1.807) is 7.11 Å². The second-order valence-corrected chi connectivity index (χ2v) is 7.67. The summed E-state index contributed by atoms with van der Waals surface area (Å²) in [6.07, 6.45) is 6.01. The Hall–Kier alpha value is -2.52. The van der Waals surface area contributed by atoms with E-state index < -0.39 is 0 Å². The van der Waals surface area contributed by atoms with Crippen LogP contribution in [0.5, 0.6) is 5.75 Å². The molecule has 0 radical (unpaired) electrons. The first-order valence-corrected chi connectivity index (χ1v) is 10.2. The largest absolute Gasteiger partial charge is 0.496 e. The zero-order chi connectivity index (χ0) is 19.5. The predicted octanol–water partition coefficient (Wildman–Crippen LogP) is 5.94. The lowest BCUT2D eigenvalue weighted by Crippen LogP contribution is -2.28. The molecule has 1 N–H and O–H groups in total. The number of methoxy groups -OCH3 is 1. The number of aromatic nitrogens is 1. The van der Waals surface area contributed by atoms with Crippen LogP contribution in [-0.4, -0.2) is 18.1 Å². The Kier molecular flexibility index (Phi) is 5.54. The van der Waals surface area contributed by atoms with E-state index in [0.29, 0.717) is 11.1 Å². The number of ether oxygens (including phenoxy) is 1. The van der Waals surface area contributed by atoms with Gasteiger partial charge in [0, 0.05) is 28.4 Å². The zero-order valence-corrected chi connectivity index (χ0v) is 17.1. The van der Waals surface area contributed by atoms with Crippen LogP contribution in [0.25, 0.3) is 11.1 Å². The topological polar surface area (TPSA) is 34.1 Å². The molecule has 1 aromatic heterocycles. The lowest BCUT2D eigenvalue weighted by atomic mass is 9.88. The highest BCUT2D eigenvalue weighted by Crippen LogP contribution is 2.37. The molecule has 1 unspecified atom stereocenters. The van der Waals surface area contributed by atoms with E-state index in [4.69, 9.17) is 16.3 Å². The van der Waals surface area contributed by atoms with Gasteiger partial charge in [0.2, 0.25) is 0 Å². The van der Waals surface area contributed by atoms with Crippen LogP contribution in [0.2, 0.25) is 5.02 Å². The van der Waals surface area contributed by atoms with Gasteiger partial charge in [-0.05, 0) is 66.6 Å². The first kappa shape index (κ1) is 18.8. The van der Waals surface area contributed by atoms with Crippen LogP contribution >= 0.6 is 11.6 Å². The molecule has 0 saturated heterocycles. The third-order valence-corrected chi connectivity index (χ3v) is 5.78. The smallest absolute Gasteiger partial charge is 0.129 e. The monoisotopic (exact) mass is 392 g/mol. The molecule has 4 heteroatoms. The summed E-state index contributed by atoms with van der Waals surface area (Å²) in [5.74, 6) is 1.79. The molecule has 1 aliphatic carbocycles. The summed E-state index contributed by atoms with van der Waals surface area (Å²) in [7, 11) is 1.69. The van der Waals surface area contributed by atoms with Crippen molar-refractivity contribution in [2.45, 2.75) is 38.6 Å². The molecular formula is C24H25ClN2O. The lowest BCUT2D eigenvalue weighted by molar-refractivity contribution is 0.416. The molecule has 0 bridgehead atoms. The Labute approximate surface area is 171 Å². The van der Waals surface area contributed by atoms with Crippen LogP contribution < -0.4 is 10.1 Å². The van der Waals surface area contributed by atoms with E-state index >= 15 is 0 Å². The first-order chi connectivity index (χ1) is 13.7. The molecular weight excluding hydrogens is 368 g/mol. The van der Waals surface area contributed by atoms with E-state index in [2.05, 4.69) is 41.5 Å². The summed E-state index contributed by atoms with van der Waals surface area (Å²) in [6.45, 7) is 2.17. The summed E-state index contributed by atoms with van der Waals surface area (Å²) < 4.78 is 5.58. The summed E-state index contributed by atoms with van der Waals surface area (Å²) >= 11 is 6.28. The van der Waals surface area contributed by atoms with E-state index in [9.17, 15) is 0 Å². The normalized spacial score (nSPS) is 15.8. The minimum Gasteiger partial charge on any atom is -0.496 e. The summed E-state index contributed by atoms with van der Waals surface area (Å²) in [6, 6.07) is 16.9. The second-order valence-electron chi connectivity index (χ2n) is 7.24. The highest BCUT2D eigenvalue weighted by molar-refractivity contribution is 6.31. The number of halogens is 1. The van der Waals surface area contributed by atoms with Gasteiger partial charge in [0.15, 0.2) is 0 Å². The van der Waals surface area contributed by atoms with Crippen molar-refractivity contribution in [2.75, 3.05) is 12.4 Å². The molecule has 1 heterocycles. The molecule has 0 spiro atoms. The van der Waals surface area contributed by atoms with Gasteiger partial charge in [0.25, 0.3) is 0 Å². The van der Waals surface area contributed by atoms with Crippen molar-refractivity contribution in [2.24, 2.45) is 0 Å². The fourth-order valence-corrected chi connectivity index (χ4v) is 4.30. The van der Waals surface area contributed by atoms with Gasteiger partial charge < -0.3 is 10.1 Å². The number of nitrogens with zero attached hydrogens (tertiary/aromatic N) is 1. The average Bonchev–Trinajstić information content (AvgIpc) is 2.73. The molecule has 1 atom stereocenters. The number of hydrogen-bond donors (Lipinski definition) is 1. The molecule has 2 aromatic carbocycles. The molecule has 1 aliphatic rings. The van der Waals surface area contributed by atoms with Gasteiger partial charge in [0.05, 0.1) is 7.11 Å². The Morgan fingerprint density at radius 2 is 1.93 bits per heavy atom. The van der Waals surface area contributed by atoms with Gasteiger partial charge in [-0.25, -0.2) is 4.98 Å². The van der Waals surface area contributed by atoms with Gasteiger partial charge >= 0.3 is 0 Å². The highest BCUT2D eigenvalue weighted by Gasteiger charge is 2.21. The number of aryl methyl sites for hydroxylation is 1. The van der Waals surface area contributed by atoms with Crippen LogP contribution in [0.3, 0.4) is 0 Å². The number of benzene rings is 2. The van der Waals surface area contributed by atoms with E-state index in [1.165, 1.54) is 16.7 Å². The third kappa shape index (κ3) is 3.72. The number of anilines is 1. The van der Waals surface area contributed by atoms with E-state index in [-0.39, 0.29) is 0 Å². The van der Waals surface area contributed by atoms with Gasteiger partial charge in [-0.15, -0.1) is 0 Å². The van der Waals surface area contributed by atoms with E-state index in [1.807, 2.05) is 30.5 Å². The Bertz CT molecular complexity index is 986. The Balaban J connectivity index is 1.67. The molecule has 3 nitrogen and oxygen atoms in total. The standard InChI is InChI=1S/C24H25ClN2O/c1-3-20-21(22-15-18(25)9-11-23(22)28-2)12-13-26-24(20)27-19-10-8-16-6-4-5-7-17(16)14-19/h4-7,9,11-13,15,19H,3,8,10,14H2,1-2H3,(H,26,27). The number of rotatable bonds is 5. The maximum atomic E-state index is 6.28. The van der Waals surface area contributed by atoms with Crippen LogP contribution in [0.15, 0.2) is 54.7 Å². The van der Waals surface area contributed by atoms with Gasteiger partial charge in [-0.3, -0.25) is 0 Å². The minimum atomic E-state index is 0.393. The van der Waals surface area contributed by atoms with Crippen molar-refractivity contribution >= 4 is 17.4 Å². The zero-order valence-electron chi connectivity index (χ0n) is 16.3. The maximum Gasteiger partial charge on any atom is 0.129 e. The van der Waals surface area contributed by atoms with Crippen molar-refractivity contribution in [1.82, 2.24) is 4.98 Å². The predicted molar refractivity (Wildman–Crippen MR) is 116 cm³/mol. The van der Waals surface area contributed by atoms with Crippen molar-refractivity contribution in [1.29, 1.82) is 0 Å². The highest BCUT2D eigenvalue weighted by atomic mass is 35.5. The van der Waals surface area contributed by atoms with Crippen molar-refractivity contribution in [3.05, 3.63) is 76.4 Å². The lowest BCUT2D eigenvalue weighted by Gasteiger charge is -2.27.